The SMILES string of the molecule is Cc1cccc(NC(=O)C(=O)NC[C@H](O)c2cccn2C)c1C. The lowest BCUT2D eigenvalue weighted by molar-refractivity contribution is -0.136. The maximum absolute atomic E-state index is 11.9. The van der Waals surface area contributed by atoms with Gasteiger partial charge in [0.1, 0.15) is 6.10 Å². The van der Waals surface area contributed by atoms with Crippen LogP contribution in [0, 0.1) is 13.8 Å². The second-order valence-electron chi connectivity index (χ2n) is 5.47. The van der Waals surface area contributed by atoms with Gasteiger partial charge in [0.15, 0.2) is 0 Å². The number of aryl methyl sites for hydroxylation is 2. The highest BCUT2D eigenvalue weighted by atomic mass is 16.3. The number of amides is 2. The molecule has 1 atom stereocenters. The first kappa shape index (κ1) is 16.8. The summed E-state index contributed by atoms with van der Waals surface area (Å²) in [6.45, 7) is 3.78. The fraction of sp³-hybridized carbons (Fsp3) is 0.294. The third kappa shape index (κ3) is 3.98. The Balaban J connectivity index is 1.92. The third-order valence-corrected chi connectivity index (χ3v) is 3.84. The number of aromatic nitrogens is 1. The Morgan fingerprint density at radius 2 is 1.91 bits per heavy atom. The zero-order valence-electron chi connectivity index (χ0n) is 13.5. The Morgan fingerprint density at radius 3 is 2.57 bits per heavy atom. The molecule has 2 aromatic rings. The molecular formula is C17H21N3O3. The molecule has 6 nitrogen and oxygen atoms in total. The number of aliphatic hydroxyl groups is 1. The van der Waals surface area contributed by atoms with E-state index in [0.29, 0.717) is 11.4 Å². The molecule has 0 unspecified atom stereocenters. The lowest BCUT2D eigenvalue weighted by Gasteiger charge is -2.14. The van der Waals surface area contributed by atoms with Crippen LogP contribution in [0.25, 0.3) is 0 Å². The van der Waals surface area contributed by atoms with Crippen molar-refractivity contribution in [1.29, 1.82) is 0 Å². The van der Waals surface area contributed by atoms with E-state index in [2.05, 4.69) is 10.6 Å². The van der Waals surface area contributed by atoms with Crippen molar-refractivity contribution in [3.8, 4) is 0 Å². The molecule has 1 aromatic carbocycles. The van der Waals surface area contributed by atoms with Crippen LogP contribution in [0.15, 0.2) is 36.5 Å². The van der Waals surface area contributed by atoms with Crippen molar-refractivity contribution in [2.45, 2.75) is 20.0 Å². The van der Waals surface area contributed by atoms with Gasteiger partial charge in [0.05, 0.1) is 0 Å². The Bertz CT molecular complexity index is 722. The van der Waals surface area contributed by atoms with E-state index in [1.54, 1.807) is 36.0 Å². The van der Waals surface area contributed by atoms with Gasteiger partial charge in [-0.15, -0.1) is 0 Å². The monoisotopic (exact) mass is 315 g/mol. The molecule has 122 valence electrons. The summed E-state index contributed by atoms with van der Waals surface area (Å²) in [5.41, 5.74) is 3.22. The largest absolute Gasteiger partial charge is 0.385 e. The molecule has 2 amide bonds. The summed E-state index contributed by atoms with van der Waals surface area (Å²) < 4.78 is 1.76. The number of anilines is 1. The summed E-state index contributed by atoms with van der Waals surface area (Å²) in [6.07, 6.45) is 0.931. The van der Waals surface area contributed by atoms with Crippen LogP contribution in [0.5, 0.6) is 0 Å². The molecule has 6 heteroatoms. The van der Waals surface area contributed by atoms with E-state index in [0.717, 1.165) is 11.1 Å². The molecule has 3 N–H and O–H groups in total. The van der Waals surface area contributed by atoms with Crippen molar-refractivity contribution >= 4 is 17.5 Å². The van der Waals surface area contributed by atoms with Gasteiger partial charge in [-0.2, -0.15) is 0 Å². The fourth-order valence-electron chi connectivity index (χ4n) is 2.26. The number of rotatable bonds is 4. The lowest BCUT2D eigenvalue weighted by Crippen LogP contribution is -2.38. The van der Waals surface area contributed by atoms with Crippen LogP contribution in [0.4, 0.5) is 5.69 Å². The smallest absolute Gasteiger partial charge is 0.313 e. The number of hydrogen-bond acceptors (Lipinski definition) is 3. The summed E-state index contributed by atoms with van der Waals surface area (Å²) in [5.74, 6) is -1.53. The van der Waals surface area contributed by atoms with Crippen molar-refractivity contribution in [2.24, 2.45) is 7.05 Å². The van der Waals surface area contributed by atoms with E-state index >= 15 is 0 Å². The predicted molar refractivity (Wildman–Crippen MR) is 87.9 cm³/mol. The molecular weight excluding hydrogens is 294 g/mol. The van der Waals surface area contributed by atoms with Gasteiger partial charge >= 0.3 is 11.8 Å². The minimum absolute atomic E-state index is 0.0308. The van der Waals surface area contributed by atoms with E-state index < -0.39 is 17.9 Å². The Labute approximate surface area is 135 Å². The number of hydrogen-bond donors (Lipinski definition) is 3. The first-order valence-corrected chi connectivity index (χ1v) is 7.35. The second kappa shape index (κ2) is 7.11. The quantitative estimate of drug-likeness (QED) is 0.746. The minimum Gasteiger partial charge on any atom is -0.385 e. The first-order valence-electron chi connectivity index (χ1n) is 7.35. The van der Waals surface area contributed by atoms with Crippen LogP contribution >= 0.6 is 0 Å². The van der Waals surface area contributed by atoms with Crippen LogP contribution < -0.4 is 10.6 Å². The van der Waals surface area contributed by atoms with Gasteiger partial charge in [0, 0.05) is 31.2 Å². The molecule has 23 heavy (non-hydrogen) atoms. The molecule has 0 aliphatic heterocycles. The average Bonchev–Trinajstić information content (AvgIpc) is 2.95. The summed E-state index contributed by atoms with van der Waals surface area (Å²) in [5, 5.41) is 15.0. The second-order valence-corrected chi connectivity index (χ2v) is 5.47. The van der Waals surface area contributed by atoms with Gasteiger partial charge in [-0.05, 0) is 43.2 Å². The van der Waals surface area contributed by atoms with Crippen LogP contribution in [-0.2, 0) is 16.6 Å². The zero-order valence-corrected chi connectivity index (χ0v) is 13.5. The molecule has 0 radical (unpaired) electrons. The van der Waals surface area contributed by atoms with Gasteiger partial charge in [-0.1, -0.05) is 12.1 Å². The van der Waals surface area contributed by atoms with Crippen molar-refractivity contribution in [3.05, 3.63) is 53.3 Å². The molecule has 0 aliphatic carbocycles. The van der Waals surface area contributed by atoms with E-state index in [1.165, 1.54) is 0 Å². The molecule has 0 bridgehead atoms. The van der Waals surface area contributed by atoms with Crippen molar-refractivity contribution in [2.75, 3.05) is 11.9 Å². The molecule has 0 spiro atoms. The fourth-order valence-corrected chi connectivity index (χ4v) is 2.26. The van der Waals surface area contributed by atoms with E-state index in [1.807, 2.05) is 26.0 Å². The Hall–Kier alpha value is -2.60. The highest BCUT2D eigenvalue weighted by Gasteiger charge is 2.17. The highest BCUT2D eigenvalue weighted by molar-refractivity contribution is 6.39. The van der Waals surface area contributed by atoms with Gasteiger partial charge < -0.3 is 20.3 Å². The number of carbonyl (C=O) groups excluding carboxylic acids is 2. The molecule has 0 aliphatic rings. The Morgan fingerprint density at radius 1 is 1.17 bits per heavy atom. The summed E-state index contributed by atoms with van der Waals surface area (Å²) in [6, 6.07) is 9.04. The van der Waals surface area contributed by atoms with Gasteiger partial charge in [0.25, 0.3) is 0 Å². The standard InChI is InChI=1S/C17H21N3O3/c1-11-6-4-7-13(12(11)2)19-17(23)16(22)18-10-15(21)14-8-5-9-20(14)3/h4-9,15,21H,10H2,1-3H3,(H,18,22)(H,19,23)/t15-/m0/s1. The van der Waals surface area contributed by atoms with Crippen LogP contribution in [0.1, 0.15) is 22.9 Å². The highest BCUT2D eigenvalue weighted by Crippen LogP contribution is 2.17. The van der Waals surface area contributed by atoms with Gasteiger partial charge in [0.2, 0.25) is 0 Å². The molecule has 0 saturated carbocycles. The van der Waals surface area contributed by atoms with Gasteiger partial charge in [-0.25, -0.2) is 0 Å². The van der Waals surface area contributed by atoms with E-state index in [9.17, 15) is 14.7 Å². The van der Waals surface area contributed by atoms with Crippen LogP contribution in [0.2, 0.25) is 0 Å². The number of nitrogens with zero attached hydrogens (tertiary/aromatic N) is 1. The van der Waals surface area contributed by atoms with Crippen LogP contribution in [-0.4, -0.2) is 28.0 Å². The minimum atomic E-state index is -0.868. The number of benzene rings is 1. The predicted octanol–water partition coefficient (Wildman–Crippen LogP) is 1.43. The van der Waals surface area contributed by atoms with Crippen LogP contribution in [0.3, 0.4) is 0 Å². The van der Waals surface area contributed by atoms with E-state index in [4.69, 9.17) is 0 Å². The molecule has 0 saturated heterocycles. The number of nitrogens with one attached hydrogen (secondary N) is 2. The number of carbonyl (C=O) groups is 2. The van der Waals surface area contributed by atoms with Crippen molar-refractivity contribution in [3.63, 3.8) is 0 Å². The lowest BCUT2D eigenvalue weighted by atomic mass is 10.1. The van der Waals surface area contributed by atoms with Crippen molar-refractivity contribution < 1.29 is 14.7 Å². The first-order chi connectivity index (χ1) is 10.9. The van der Waals surface area contributed by atoms with Gasteiger partial charge in [-0.3, -0.25) is 9.59 Å². The molecule has 2 rings (SSSR count). The summed E-state index contributed by atoms with van der Waals surface area (Å²) in [4.78, 5) is 23.8. The maximum Gasteiger partial charge on any atom is 0.313 e. The van der Waals surface area contributed by atoms with E-state index in [-0.39, 0.29) is 6.54 Å². The molecule has 0 fully saturated rings. The topological polar surface area (TPSA) is 83.4 Å². The third-order valence-electron chi connectivity index (χ3n) is 3.84. The zero-order chi connectivity index (χ0) is 17.0. The summed E-state index contributed by atoms with van der Waals surface area (Å²) in [7, 11) is 1.80. The van der Waals surface area contributed by atoms with Crippen molar-refractivity contribution in [1.82, 2.24) is 9.88 Å². The number of aliphatic hydroxyl groups excluding tert-OH is 1. The molecule has 1 heterocycles. The average molecular weight is 315 g/mol. The normalized spacial score (nSPS) is 11.8. The summed E-state index contributed by atoms with van der Waals surface area (Å²) >= 11 is 0. The Kier molecular flexibility index (Phi) is 5.18. The molecule has 1 aromatic heterocycles. The maximum atomic E-state index is 11.9.